The summed E-state index contributed by atoms with van der Waals surface area (Å²) >= 11 is 0. The van der Waals surface area contributed by atoms with Crippen molar-refractivity contribution in [2.75, 3.05) is 27.2 Å². The van der Waals surface area contributed by atoms with E-state index in [2.05, 4.69) is 72.6 Å². The minimum Gasteiger partial charge on any atom is -0.355 e. The summed E-state index contributed by atoms with van der Waals surface area (Å²) in [5, 5.41) is 6.66. The quantitative estimate of drug-likeness (QED) is 0.617. The van der Waals surface area contributed by atoms with Crippen molar-refractivity contribution >= 4 is 5.96 Å². The topological polar surface area (TPSA) is 39.7 Å². The van der Waals surface area contributed by atoms with E-state index < -0.39 is 0 Å². The first-order valence-electron chi connectivity index (χ1n) is 7.23. The first-order chi connectivity index (χ1) is 9.52. The minimum absolute atomic E-state index is 0.569. The predicted molar refractivity (Wildman–Crippen MR) is 87.1 cm³/mol. The molecule has 1 rings (SSSR count). The summed E-state index contributed by atoms with van der Waals surface area (Å²) in [4.78, 5) is 6.54. The fraction of sp³-hybridized carbons (Fsp3) is 0.562. The average molecular weight is 276 g/mol. The second-order valence-electron chi connectivity index (χ2n) is 5.41. The van der Waals surface area contributed by atoms with Crippen molar-refractivity contribution < 1.29 is 0 Å². The summed E-state index contributed by atoms with van der Waals surface area (Å²) in [6.07, 6.45) is 0. The molecule has 0 heterocycles. The number of rotatable bonds is 6. The number of aryl methyl sites for hydroxylation is 1. The maximum Gasteiger partial charge on any atom is 0.191 e. The molecule has 20 heavy (non-hydrogen) atoms. The van der Waals surface area contributed by atoms with Crippen LogP contribution in [-0.2, 0) is 6.54 Å². The lowest BCUT2D eigenvalue weighted by molar-refractivity contribution is 0.278. The Bertz CT molecular complexity index is 409. The molecule has 112 valence electrons. The molecule has 4 nitrogen and oxygen atoms in total. The van der Waals surface area contributed by atoms with Gasteiger partial charge in [0, 0.05) is 32.7 Å². The van der Waals surface area contributed by atoms with E-state index in [9.17, 15) is 0 Å². The van der Waals surface area contributed by atoms with Gasteiger partial charge in [0.2, 0.25) is 0 Å². The van der Waals surface area contributed by atoms with Crippen LogP contribution in [0.4, 0.5) is 0 Å². The van der Waals surface area contributed by atoms with E-state index in [1.165, 1.54) is 11.1 Å². The lowest BCUT2D eigenvalue weighted by Gasteiger charge is -2.21. The van der Waals surface area contributed by atoms with Gasteiger partial charge < -0.3 is 15.5 Å². The smallest absolute Gasteiger partial charge is 0.191 e. The van der Waals surface area contributed by atoms with Gasteiger partial charge in [-0.2, -0.15) is 0 Å². The molecular weight excluding hydrogens is 248 g/mol. The summed E-state index contributed by atoms with van der Waals surface area (Å²) < 4.78 is 0. The Morgan fingerprint density at radius 1 is 1.20 bits per heavy atom. The van der Waals surface area contributed by atoms with Crippen LogP contribution in [0.25, 0.3) is 0 Å². The van der Waals surface area contributed by atoms with Crippen LogP contribution in [0.5, 0.6) is 0 Å². The van der Waals surface area contributed by atoms with Gasteiger partial charge in [-0.05, 0) is 33.4 Å². The second kappa shape index (κ2) is 8.59. The van der Waals surface area contributed by atoms with Gasteiger partial charge in [-0.15, -0.1) is 0 Å². The van der Waals surface area contributed by atoms with Gasteiger partial charge in [0.15, 0.2) is 5.96 Å². The van der Waals surface area contributed by atoms with Crippen LogP contribution in [-0.4, -0.2) is 44.1 Å². The van der Waals surface area contributed by atoms with Crippen LogP contribution in [0, 0.1) is 6.92 Å². The van der Waals surface area contributed by atoms with Crippen molar-refractivity contribution in [2.45, 2.75) is 33.4 Å². The lowest BCUT2D eigenvalue weighted by Crippen LogP contribution is -2.41. The van der Waals surface area contributed by atoms with Crippen LogP contribution in [0.1, 0.15) is 25.0 Å². The van der Waals surface area contributed by atoms with Gasteiger partial charge in [0.05, 0.1) is 0 Å². The Kier molecular flexibility index (Phi) is 7.09. The van der Waals surface area contributed by atoms with E-state index >= 15 is 0 Å². The standard InChI is InChI=1S/C16H28N4/c1-13(2)20(5)11-10-18-16(17-4)19-12-15-8-6-14(3)7-9-15/h6-9,13H,10-12H2,1-5H3,(H2,17,18,19). The molecule has 0 radical (unpaired) electrons. The maximum atomic E-state index is 4.24. The fourth-order valence-electron chi connectivity index (χ4n) is 1.72. The summed E-state index contributed by atoms with van der Waals surface area (Å²) in [5.74, 6) is 0.850. The van der Waals surface area contributed by atoms with Crippen molar-refractivity contribution in [3.8, 4) is 0 Å². The first-order valence-corrected chi connectivity index (χ1v) is 7.23. The second-order valence-corrected chi connectivity index (χ2v) is 5.41. The Hall–Kier alpha value is -1.55. The minimum atomic E-state index is 0.569. The summed E-state index contributed by atoms with van der Waals surface area (Å²) in [6.45, 7) is 9.18. The summed E-state index contributed by atoms with van der Waals surface area (Å²) in [6, 6.07) is 9.11. The van der Waals surface area contributed by atoms with E-state index in [0.717, 1.165) is 25.6 Å². The molecule has 1 aromatic rings. The Morgan fingerprint density at radius 2 is 1.85 bits per heavy atom. The number of hydrogen-bond donors (Lipinski definition) is 2. The van der Waals surface area contributed by atoms with Gasteiger partial charge in [-0.3, -0.25) is 4.99 Å². The van der Waals surface area contributed by atoms with E-state index in [1.807, 2.05) is 0 Å². The van der Waals surface area contributed by atoms with Crippen LogP contribution >= 0.6 is 0 Å². The van der Waals surface area contributed by atoms with Gasteiger partial charge in [-0.25, -0.2) is 0 Å². The zero-order valence-corrected chi connectivity index (χ0v) is 13.4. The molecule has 0 unspecified atom stereocenters. The zero-order valence-electron chi connectivity index (χ0n) is 13.4. The molecule has 0 saturated carbocycles. The van der Waals surface area contributed by atoms with Gasteiger partial charge in [0.1, 0.15) is 0 Å². The van der Waals surface area contributed by atoms with Crippen molar-refractivity contribution in [1.29, 1.82) is 0 Å². The molecule has 1 aromatic carbocycles. The number of likely N-dealkylation sites (N-methyl/N-ethyl adjacent to an activating group) is 1. The van der Waals surface area contributed by atoms with Crippen LogP contribution in [0.15, 0.2) is 29.3 Å². The third-order valence-electron chi connectivity index (χ3n) is 3.44. The van der Waals surface area contributed by atoms with E-state index in [-0.39, 0.29) is 0 Å². The number of nitrogens with one attached hydrogen (secondary N) is 2. The third-order valence-corrected chi connectivity index (χ3v) is 3.44. The van der Waals surface area contributed by atoms with Gasteiger partial charge >= 0.3 is 0 Å². The molecule has 0 amide bonds. The highest BCUT2D eigenvalue weighted by atomic mass is 15.2. The van der Waals surface area contributed by atoms with Crippen LogP contribution in [0.2, 0.25) is 0 Å². The maximum absolute atomic E-state index is 4.24. The van der Waals surface area contributed by atoms with Crippen molar-refractivity contribution in [2.24, 2.45) is 4.99 Å². The molecule has 0 aromatic heterocycles. The molecule has 0 atom stereocenters. The molecule has 0 fully saturated rings. The van der Waals surface area contributed by atoms with E-state index in [4.69, 9.17) is 0 Å². The Balaban J connectivity index is 2.31. The number of hydrogen-bond acceptors (Lipinski definition) is 2. The highest BCUT2D eigenvalue weighted by molar-refractivity contribution is 5.79. The van der Waals surface area contributed by atoms with Crippen molar-refractivity contribution in [1.82, 2.24) is 15.5 Å². The van der Waals surface area contributed by atoms with E-state index in [1.54, 1.807) is 7.05 Å². The average Bonchev–Trinajstić information content (AvgIpc) is 2.44. The number of nitrogens with zero attached hydrogens (tertiary/aromatic N) is 2. The highest BCUT2D eigenvalue weighted by Crippen LogP contribution is 2.02. The Labute approximate surface area is 123 Å². The molecule has 2 N–H and O–H groups in total. The van der Waals surface area contributed by atoms with Crippen molar-refractivity contribution in [3.05, 3.63) is 35.4 Å². The van der Waals surface area contributed by atoms with Crippen LogP contribution in [0.3, 0.4) is 0 Å². The van der Waals surface area contributed by atoms with Crippen molar-refractivity contribution in [3.63, 3.8) is 0 Å². The number of guanidine groups is 1. The predicted octanol–water partition coefficient (Wildman–Crippen LogP) is 2.00. The summed E-state index contributed by atoms with van der Waals surface area (Å²) in [7, 11) is 3.94. The first kappa shape index (κ1) is 16.5. The summed E-state index contributed by atoms with van der Waals surface area (Å²) in [5.41, 5.74) is 2.55. The highest BCUT2D eigenvalue weighted by Gasteiger charge is 2.03. The van der Waals surface area contributed by atoms with Crippen LogP contribution < -0.4 is 10.6 Å². The molecular formula is C16H28N4. The monoisotopic (exact) mass is 276 g/mol. The van der Waals surface area contributed by atoms with Gasteiger partial charge in [-0.1, -0.05) is 29.8 Å². The largest absolute Gasteiger partial charge is 0.355 e. The zero-order chi connectivity index (χ0) is 15.0. The molecule has 0 bridgehead atoms. The number of benzene rings is 1. The number of aliphatic imine (C=N–C) groups is 1. The van der Waals surface area contributed by atoms with Gasteiger partial charge in [0.25, 0.3) is 0 Å². The van der Waals surface area contributed by atoms with E-state index in [0.29, 0.717) is 6.04 Å². The molecule has 0 aliphatic rings. The third kappa shape index (κ3) is 6.06. The fourth-order valence-corrected chi connectivity index (χ4v) is 1.72. The molecule has 0 saturated heterocycles. The Morgan fingerprint density at radius 3 is 2.40 bits per heavy atom. The lowest BCUT2D eigenvalue weighted by atomic mass is 10.1. The normalized spacial score (nSPS) is 12.1. The molecule has 0 aliphatic heterocycles. The SMILES string of the molecule is CN=C(NCCN(C)C(C)C)NCc1ccc(C)cc1. The molecule has 4 heteroatoms. The molecule has 0 aliphatic carbocycles. The molecule has 0 spiro atoms.